The van der Waals surface area contributed by atoms with Gasteiger partial charge in [0, 0.05) is 19.5 Å². The lowest BCUT2D eigenvalue weighted by molar-refractivity contribution is -0.135. The van der Waals surface area contributed by atoms with Crippen LogP contribution < -0.4 is 15.0 Å². The molecular formula is C21H22FN3O4. The number of rotatable bonds is 5. The molecule has 0 unspecified atom stereocenters. The molecule has 0 radical (unpaired) electrons. The number of carbonyl (C=O) groups is 3. The maximum absolute atomic E-state index is 13.6. The summed E-state index contributed by atoms with van der Waals surface area (Å²) in [6, 6.07) is 12.4. The van der Waals surface area contributed by atoms with Crippen LogP contribution >= 0.6 is 0 Å². The molecule has 1 atom stereocenters. The van der Waals surface area contributed by atoms with E-state index in [4.69, 9.17) is 4.74 Å². The average Bonchev–Trinajstić information content (AvgIpc) is 2.81. The molecule has 0 aliphatic carbocycles. The second-order valence-corrected chi connectivity index (χ2v) is 6.85. The van der Waals surface area contributed by atoms with Crippen LogP contribution in [-0.4, -0.2) is 48.9 Å². The van der Waals surface area contributed by atoms with Crippen molar-refractivity contribution in [1.29, 1.82) is 0 Å². The molecule has 2 aromatic rings. The summed E-state index contributed by atoms with van der Waals surface area (Å²) >= 11 is 0. The highest BCUT2D eigenvalue weighted by molar-refractivity contribution is 6.05. The number of para-hydroxylation sites is 3. The third-order valence-corrected chi connectivity index (χ3v) is 4.61. The number of hydrogen-bond acceptors (Lipinski definition) is 4. The Morgan fingerprint density at radius 1 is 1.21 bits per heavy atom. The molecule has 2 aromatic carbocycles. The summed E-state index contributed by atoms with van der Waals surface area (Å²) in [6.07, 6.45) is 0.147. The largest absolute Gasteiger partial charge is 0.481 e. The lowest BCUT2D eigenvalue weighted by Crippen LogP contribution is -2.46. The van der Waals surface area contributed by atoms with E-state index in [1.165, 1.54) is 35.0 Å². The van der Waals surface area contributed by atoms with Crippen molar-refractivity contribution in [1.82, 2.24) is 4.90 Å². The van der Waals surface area contributed by atoms with Crippen molar-refractivity contribution in [2.45, 2.75) is 19.4 Å². The zero-order valence-corrected chi connectivity index (χ0v) is 16.2. The lowest BCUT2D eigenvalue weighted by Gasteiger charge is -2.29. The van der Waals surface area contributed by atoms with E-state index in [0.29, 0.717) is 11.4 Å². The van der Waals surface area contributed by atoms with Crippen LogP contribution in [0.25, 0.3) is 0 Å². The van der Waals surface area contributed by atoms with Crippen LogP contribution in [0.1, 0.15) is 13.3 Å². The van der Waals surface area contributed by atoms with Gasteiger partial charge in [0.15, 0.2) is 18.2 Å². The standard InChI is InChI=1S/C21H22FN3O4/c1-14-11-19(26)23-16-8-4-5-9-17(16)25(14)20(27)12-24(2)21(28)13-29-18-10-6-3-7-15(18)22/h3-10,14H,11-13H2,1-2H3,(H,23,26)/t14-/m1/s1. The van der Waals surface area contributed by atoms with Crippen molar-refractivity contribution in [3.8, 4) is 5.75 Å². The minimum atomic E-state index is -0.564. The summed E-state index contributed by atoms with van der Waals surface area (Å²) in [6.45, 7) is 1.19. The van der Waals surface area contributed by atoms with Crippen molar-refractivity contribution < 1.29 is 23.5 Å². The highest BCUT2D eigenvalue weighted by Gasteiger charge is 2.30. The van der Waals surface area contributed by atoms with Gasteiger partial charge in [0.2, 0.25) is 11.8 Å². The smallest absolute Gasteiger partial charge is 0.260 e. The number of benzene rings is 2. The quantitative estimate of drug-likeness (QED) is 0.838. The van der Waals surface area contributed by atoms with E-state index in [9.17, 15) is 18.8 Å². The third kappa shape index (κ3) is 4.71. The van der Waals surface area contributed by atoms with Gasteiger partial charge in [-0.05, 0) is 31.2 Å². The number of halogens is 1. The van der Waals surface area contributed by atoms with Gasteiger partial charge in [-0.3, -0.25) is 14.4 Å². The minimum Gasteiger partial charge on any atom is -0.481 e. The fourth-order valence-corrected chi connectivity index (χ4v) is 3.15. The number of nitrogens with one attached hydrogen (secondary N) is 1. The zero-order valence-electron chi connectivity index (χ0n) is 16.2. The fourth-order valence-electron chi connectivity index (χ4n) is 3.15. The van der Waals surface area contributed by atoms with Crippen molar-refractivity contribution in [3.05, 3.63) is 54.3 Å². The van der Waals surface area contributed by atoms with Gasteiger partial charge in [-0.2, -0.15) is 0 Å². The maximum Gasteiger partial charge on any atom is 0.260 e. The Morgan fingerprint density at radius 2 is 1.90 bits per heavy atom. The van der Waals surface area contributed by atoms with E-state index < -0.39 is 18.3 Å². The number of ether oxygens (including phenoxy) is 1. The predicted octanol–water partition coefficient (Wildman–Crippen LogP) is 2.43. The molecule has 0 saturated heterocycles. The molecule has 1 aliphatic heterocycles. The Morgan fingerprint density at radius 3 is 2.66 bits per heavy atom. The Balaban J connectivity index is 1.67. The van der Waals surface area contributed by atoms with E-state index in [-0.39, 0.29) is 36.6 Å². The molecule has 3 amide bonds. The van der Waals surface area contributed by atoms with Gasteiger partial charge in [-0.15, -0.1) is 0 Å². The van der Waals surface area contributed by atoms with Gasteiger partial charge in [-0.1, -0.05) is 24.3 Å². The molecule has 7 nitrogen and oxygen atoms in total. The highest BCUT2D eigenvalue weighted by Crippen LogP contribution is 2.31. The number of amides is 3. The van der Waals surface area contributed by atoms with E-state index in [2.05, 4.69) is 5.32 Å². The lowest BCUT2D eigenvalue weighted by atomic mass is 10.1. The molecule has 8 heteroatoms. The topological polar surface area (TPSA) is 79.0 Å². The Hall–Kier alpha value is -3.42. The molecule has 152 valence electrons. The van der Waals surface area contributed by atoms with Gasteiger partial charge in [0.25, 0.3) is 5.91 Å². The molecule has 0 fully saturated rings. The van der Waals surface area contributed by atoms with E-state index in [1.54, 1.807) is 37.3 Å². The van der Waals surface area contributed by atoms with Crippen molar-refractivity contribution in [3.63, 3.8) is 0 Å². The minimum absolute atomic E-state index is 0.0276. The molecular weight excluding hydrogens is 377 g/mol. The van der Waals surface area contributed by atoms with Crippen LogP contribution in [-0.2, 0) is 14.4 Å². The fraction of sp³-hybridized carbons (Fsp3) is 0.286. The van der Waals surface area contributed by atoms with Crippen LogP contribution in [0.5, 0.6) is 5.75 Å². The molecule has 3 rings (SSSR count). The van der Waals surface area contributed by atoms with Crippen LogP contribution in [0.4, 0.5) is 15.8 Å². The van der Waals surface area contributed by atoms with Crippen LogP contribution in [0, 0.1) is 5.82 Å². The van der Waals surface area contributed by atoms with Gasteiger partial charge >= 0.3 is 0 Å². The molecule has 1 heterocycles. The molecule has 0 bridgehead atoms. The number of likely N-dealkylation sites (N-methyl/N-ethyl adjacent to an activating group) is 1. The van der Waals surface area contributed by atoms with Crippen LogP contribution in [0.15, 0.2) is 48.5 Å². The number of anilines is 2. The van der Waals surface area contributed by atoms with Gasteiger partial charge in [-0.25, -0.2) is 4.39 Å². The predicted molar refractivity (Wildman–Crippen MR) is 106 cm³/mol. The summed E-state index contributed by atoms with van der Waals surface area (Å²) < 4.78 is 18.8. The first-order valence-electron chi connectivity index (χ1n) is 9.19. The summed E-state index contributed by atoms with van der Waals surface area (Å²) in [5.41, 5.74) is 1.13. The molecule has 29 heavy (non-hydrogen) atoms. The SMILES string of the molecule is C[C@@H]1CC(=O)Nc2ccccc2N1C(=O)CN(C)C(=O)COc1ccccc1F. The number of hydrogen-bond donors (Lipinski definition) is 1. The zero-order chi connectivity index (χ0) is 21.0. The van der Waals surface area contributed by atoms with Gasteiger partial charge < -0.3 is 19.9 Å². The van der Waals surface area contributed by atoms with Gasteiger partial charge in [0.1, 0.15) is 0 Å². The first-order valence-corrected chi connectivity index (χ1v) is 9.19. The molecule has 0 saturated carbocycles. The molecule has 0 aromatic heterocycles. The third-order valence-electron chi connectivity index (χ3n) is 4.61. The molecule has 0 spiro atoms. The molecule has 1 aliphatic rings. The Labute approximate surface area is 168 Å². The first-order chi connectivity index (χ1) is 13.9. The summed E-state index contributed by atoms with van der Waals surface area (Å²) in [5, 5.41) is 2.79. The second kappa shape index (κ2) is 8.72. The number of carbonyl (C=O) groups excluding carboxylic acids is 3. The highest BCUT2D eigenvalue weighted by atomic mass is 19.1. The Bertz CT molecular complexity index is 934. The van der Waals surface area contributed by atoms with E-state index >= 15 is 0 Å². The summed E-state index contributed by atoms with van der Waals surface area (Å²) in [4.78, 5) is 40.1. The Kier molecular flexibility index (Phi) is 6.11. The second-order valence-electron chi connectivity index (χ2n) is 6.85. The summed E-state index contributed by atoms with van der Waals surface area (Å²) in [7, 11) is 1.47. The van der Waals surface area contributed by atoms with Crippen molar-refractivity contribution in [2.75, 3.05) is 30.4 Å². The monoisotopic (exact) mass is 399 g/mol. The van der Waals surface area contributed by atoms with Crippen LogP contribution in [0.2, 0.25) is 0 Å². The first kappa shape index (κ1) is 20.3. The summed E-state index contributed by atoms with van der Waals surface area (Å²) in [5.74, 6) is -1.57. The average molecular weight is 399 g/mol. The number of nitrogens with zero attached hydrogens (tertiary/aromatic N) is 2. The normalized spacial score (nSPS) is 15.8. The van der Waals surface area contributed by atoms with Gasteiger partial charge in [0.05, 0.1) is 17.9 Å². The maximum atomic E-state index is 13.6. The van der Waals surface area contributed by atoms with E-state index in [1.807, 2.05) is 0 Å². The van der Waals surface area contributed by atoms with Crippen molar-refractivity contribution >= 4 is 29.1 Å². The van der Waals surface area contributed by atoms with E-state index in [0.717, 1.165) is 0 Å². The van der Waals surface area contributed by atoms with Crippen LogP contribution in [0.3, 0.4) is 0 Å². The van der Waals surface area contributed by atoms with Crippen molar-refractivity contribution in [2.24, 2.45) is 0 Å². The number of fused-ring (bicyclic) bond motifs is 1. The molecule has 1 N–H and O–H groups in total.